The van der Waals surface area contributed by atoms with E-state index in [1.165, 1.54) is 33.5 Å². The highest BCUT2D eigenvalue weighted by molar-refractivity contribution is 6.05. The van der Waals surface area contributed by atoms with Crippen LogP contribution in [0.2, 0.25) is 0 Å². The van der Waals surface area contributed by atoms with Crippen LogP contribution in [0.5, 0.6) is 11.5 Å². The fraction of sp³-hybridized carbons (Fsp3) is 0.250. The van der Waals surface area contributed by atoms with Crippen LogP contribution in [0.1, 0.15) is 17.3 Å². The first kappa shape index (κ1) is 22.3. The molecule has 2 N–H and O–H groups in total. The highest BCUT2D eigenvalue weighted by atomic mass is 16.6. The fourth-order valence-electron chi connectivity index (χ4n) is 2.50. The second-order valence-corrected chi connectivity index (χ2v) is 5.68. The van der Waals surface area contributed by atoms with Crippen LogP contribution in [-0.2, 0) is 9.47 Å². The number of nitrogens with zero attached hydrogens (tertiary/aromatic N) is 1. The van der Waals surface area contributed by atoms with E-state index in [9.17, 15) is 14.4 Å². The molecule has 0 saturated heterocycles. The van der Waals surface area contributed by atoms with Crippen LogP contribution in [0.25, 0.3) is 0 Å². The summed E-state index contributed by atoms with van der Waals surface area (Å²) in [6.07, 6.45) is -0.877. The van der Waals surface area contributed by atoms with Gasteiger partial charge in [-0.25, -0.2) is 19.8 Å². The Bertz CT molecular complexity index is 903. The molecular weight excluding hydrogens is 394 g/mol. The van der Waals surface area contributed by atoms with E-state index in [-0.39, 0.29) is 29.4 Å². The first-order chi connectivity index (χ1) is 14.4. The molecule has 0 aromatic heterocycles. The normalized spacial score (nSPS) is 9.87. The molecule has 0 fully saturated rings. The van der Waals surface area contributed by atoms with Crippen molar-refractivity contribution in [3.8, 4) is 11.5 Å². The number of hydrogen-bond donors (Lipinski definition) is 2. The number of rotatable bonds is 6. The van der Waals surface area contributed by atoms with Crippen LogP contribution in [0.4, 0.5) is 21.0 Å². The maximum absolute atomic E-state index is 13.0. The molecule has 0 bridgehead atoms. The number of carbonyl (C=O) groups is 3. The summed E-state index contributed by atoms with van der Waals surface area (Å²) in [5, 5.41) is 3.52. The van der Waals surface area contributed by atoms with E-state index in [1.54, 1.807) is 37.3 Å². The van der Waals surface area contributed by atoms with Crippen molar-refractivity contribution in [2.24, 2.45) is 0 Å². The van der Waals surface area contributed by atoms with Crippen LogP contribution in [0, 0.1) is 0 Å². The number of methoxy groups -OCH3 is 3. The Hall–Kier alpha value is -3.95. The van der Waals surface area contributed by atoms with Gasteiger partial charge in [-0.2, -0.15) is 5.01 Å². The van der Waals surface area contributed by atoms with Crippen molar-refractivity contribution in [2.75, 3.05) is 38.3 Å². The van der Waals surface area contributed by atoms with Crippen molar-refractivity contribution >= 4 is 29.5 Å². The lowest BCUT2D eigenvalue weighted by atomic mass is 10.1. The number of carbonyl (C=O) groups excluding carboxylic acids is 3. The average Bonchev–Trinajstić information content (AvgIpc) is 2.76. The number of nitrogens with one attached hydrogen (secondary N) is 2. The van der Waals surface area contributed by atoms with Gasteiger partial charge in [0.05, 0.1) is 27.9 Å². The molecule has 0 aliphatic carbocycles. The van der Waals surface area contributed by atoms with Crippen LogP contribution in [0.3, 0.4) is 0 Å². The highest BCUT2D eigenvalue weighted by Crippen LogP contribution is 2.35. The molecule has 0 saturated carbocycles. The van der Waals surface area contributed by atoms with Crippen molar-refractivity contribution in [1.82, 2.24) is 5.43 Å². The molecule has 10 heteroatoms. The maximum Gasteiger partial charge on any atom is 0.426 e. The van der Waals surface area contributed by atoms with Gasteiger partial charge in [0, 0.05) is 11.8 Å². The van der Waals surface area contributed by atoms with Gasteiger partial charge in [0.15, 0.2) is 0 Å². The molecule has 160 valence electrons. The molecule has 0 aliphatic heterocycles. The van der Waals surface area contributed by atoms with Crippen LogP contribution < -0.4 is 25.2 Å². The van der Waals surface area contributed by atoms with Crippen LogP contribution >= 0.6 is 0 Å². The Balaban J connectivity index is 2.53. The lowest BCUT2D eigenvalue weighted by Crippen LogP contribution is -2.49. The fourth-order valence-corrected chi connectivity index (χ4v) is 2.50. The molecule has 30 heavy (non-hydrogen) atoms. The molecule has 0 spiro atoms. The van der Waals surface area contributed by atoms with E-state index in [0.717, 1.165) is 5.01 Å². The smallest absolute Gasteiger partial charge is 0.426 e. The topological polar surface area (TPSA) is 115 Å². The molecule has 0 aliphatic rings. The minimum absolute atomic E-state index is 0.0268. The third-order valence-corrected chi connectivity index (χ3v) is 3.85. The Kier molecular flexibility index (Phi) is 7.86. The maximum atomic E-state index is 13.0. The molecule has 2 aromatic rings. The molecule has 2 aromatic carbocycles. The first-order valence-corrected chi connectivity index (χ1v) is 8.89. The zero-order valence-electron chi connectivity index (χ0n) is 17.1. The SMILES string of the molecule is CCOC(=O)NN(C(=O)Nc1ccccc1)c1cc(C(=O)OC)c(OC)cc1OC. The quantitative estimate of drug-likeness (QED) is 0.548. The van der Waals surface area contributed by atoms with Gasteiger partial charge in [0.2, 0.25) is 0 Å². The number of ether oxygens (including phenoxy) is 4. The Labute approximate surface area is 173 Å². The summed E-state index contributed by atoms with van der Waals surface area (Å²) in [5.41, 5.74) is 2.91. The van der Waals surface area contributed by atoms with Gasteiger partial charge < -0.3 is 24.3 Å². The van der Waals surface area contributed by atoms with Crippen molar-refractivity contribution in [3.63, 3.8) is 0 Å². The largest absolute Gasteiger partial charge is 0.496 e. The summed E-state index contributed by atoms with van der Waals surface area (Å²) in [7, 11) is 3.95. The van der Waals surface area contributed by atoms with Gasteiger partial charge in [-0.05, 0) is 25.1 Å². The molecule has 2 rings (SSSR count). The van der Waals surface area contributed by atoms with Gasteiger partial charge in [0.1, 0.15) is 22.7 Å². The number of hydrazine groups is 1. The number of urea groups is 1. The lowest BCUT2D eigenvalue weighted by molar-refractivity contribution is 0.0597. The summed E-state index contributed by atoms with van der Waals surface area (Å²) in [6, 6.07) is 10.6. The van der Waals surface area contributed by atoms with E-state index in [0.29, 0.717) is 5.69 Å². The van der Waals surface area contributed by atoms with Crippen molar-refractivity contribution in [3.05, 3.63) is 48.0 Å². The highest BCUT2D eigenvalue weighted by Gasteiger charge is 2.27. The zero-order chi connectivity index (χ0) is 22.1. The Morgan fingerprint density at radius 1 is 0.967 bits per heavy atom. The van der Waals surface area contributed by atoms with E-state index < -0.39 is 18.1 Å². The monoisotopic (exact) mass is 417 g/mol. The molecule has 0 atom stereocenters. The van der Waals surface area contributed by atoms with Crippen LogP contribution in [0.15, 0.2) is 42.5 Å². The number of amides is 3. The van der Waals surface area contributed by atoms with Crippen molar-refractivity contribution in [1.29, 1.82) is 0 Å². The van der Waals surface area contributed by atoms with Gasteiger partial charge in [-0.15, -0.1) is 0 Å². The van der Waals surface area contributed by atoms with Gasteiger partial charge in [-0.1, -0.05) is 18.2 Å². The van der Waals surface area contributed by atoms with Crippen LogP contribution in [-0.4, -0.2) is 46.0 Å². The van der Waals surface area contributed by atoms with Gasteiger partial charge in [-0.3, -0.25) is 0 Å². The van der Waals surface area contributed by atoms with E-state index in [1.807, 2.05) is 0 Å². The minimum Gasteiger partial charge on any atom is -0.496 e. The second-order valence-electron chi connectivity index (χ2n) is 5.68. The minimum atomic E-state index is -0.877. The molecule has 0 heterocycles. The lowest BCUT2D eigenvalue weighted by Gasteiger charge is -2.25. The number of esters is 1. The molecular formula is C20H23N3O7. The van der Waals surface area contributed by atoms with Crippen molar-refractivity contribution in [2.45, 2.75) is 6.92 Å². The first-order valence-electron chi connectivity index (χ1n) is 8.89. The Morgan fingerprint density at radius 2 is 1.63 bits per heavy atom. The average molecular weight is 417 g/mol. The number of benzene rings is 2. The molecule has 3 amide bonds. The Morgan fingerprint density at radius 3 is 2.20 bits per heavy atom. The number of anilines is 2. The van der Waals surface area contributed by atoms with E-state index in [2.05, 4.69) is 10.7 Å². The van der Waals surface area contributed by atoms with E-state index in [4.69, 9.17) is 18.9 Å². The summed E-state index contributed by atoms with van der Waals surface area (Å²) in [6.45, 7) is 1.71. The van der Waals surface area contributed by atoms with Gasteiger partial charge in [0.25, 0.3) is 0 Å². The molecule has 10 nitrogen and oxygen atoms in total. The summed E-state index contributed by atoms with van der Waals surface area (Å²) in [4.78, 5) is 37.2. The molecule has 0 unspecified atom stereocenters. The standard InChI is InChI=1S/C20H23N3O7/c1-5-30-20(26)22-23(19(25)21-13-9-7-6-8-10-13)15-11-14(18(24)29-4)16(27-2)12-17(15)28-3/h6-12H,5H2,1-4H3,(H,21,25)(H,22,26). The summed E-state index contributed by atoms with van der Waals surface area (Å²) in [5.74, 6) is -0.378. The molecule has 0 radical (unpaired) electrons. The number of para-hydroxylation sites is 1. The van der Waals surface area contributed by atoms with Crippen molar-refractivity contribution < 1.29 is 33.3 Å². The third kappa shape index (κ3) is 5.31. The van der Waals surface area contributed by atoms with E-state index >= 15 is 0 Å². The second kappa shape index (κ2) is 10.6. The summed E-state index contributed by atoms with van der Waals surface area (Å²) >= 11 is 0. The predicted molar refractivity (Wildman–Crippen MR) is 109 cm³/mol. The third-order valence-electron chi connectivity index (χ3n) is 3.85. The predicted octanol–water partition coefficient (Wildman–Crippen LogP) is 3.19. The van der Waals surface area contributed by atoms with Gasteiger partial charge >= 0.3 is 18.1 Å². The number of hydrogen-bond acceptors (Lipinski definition) is 7. The summed E-state index contributed by atoms with van der Waals surface area (Å²) < 4.78 is 20.2. The zero-order valence-corrected chi connectivity index (χ0v) is 17.1.